The molecule has 0 fully saturated rings. The Morgan fingerprint density at radius 3 is 2.65 bits per heavy atom. The second-order valence-corrected chi connectivity index (χ2v) is 5.75. The van der Waals surface area contributed by atoms with Crippen LogP contribution in [-0.2, 0) is 13.1 Å². The van der Waals surface area contributed by atoms with Gasteiger partial charge in [-0.3, -0.25) is 0 Å². The van der Waals surface area contributed by atoms with Gasteiger partial charge >= 0.3 is 0 Å². The van der Waals surface area contributed by atoms with Gasteiger partial charge in [-0.15, -0.1) is 11.3 Å². The standard InChI is InChI=1S/C16H17N3S/c1-13-7-10-20-16(13)12-17-11-14-3-5-15(6-4-14)19-9-2-8-18-19/h2-10,17H,11-12H2,1H3. The van der Waals surface area contributed by atoms with E-state index >= 15 is 0 Å². The molecule has 1 aromatic carbocycles. The van der Waals surface area contributed by atoms with Gasteiger partial charge in [0.15, 0.2) is 0 Å². The highest BCUT2D eigenvalue weighted by molar-refractivity contribution is 7.10. The molecular formula is C16H17N3S. The second-order valence-electron chi connectivity index (χ2n) is 4.75. The lowest BCUT2D eigenvalue weighted by Gasteiger charge is -2.06. The summed E-state index contributed by atoms with van der Waals surface area (Å²) in [5.74, 6) is 0. The SMILES string of the molecule is Cc1ccsc1CNCc1ccc(-n2cccn2)cc1. The Kier molecular flexibility index (Phi) is 3.95. The number of aromatic nitrogens is 2. The molecule has 20 heavy (non-hydrogen) atoms. The van der Waals surface area contributed by atoms with Crippen LogP contribution in [0.4, 0.5) is 0 Å². The Morgan fingerprint density at radius 1 is 1.15 bits per heavy atom. The molecule has 0 amide bonds. The minimum Gasteiger partial charge on any atom is -0.308 e. The second kappa shape index (κ2) is 6.03. The van der Waals surface area contributed by atoms with E-state index in [9.17, 15) is 0 Å². The first-order valence-electron chi connectivity index (χ1n) is 6.65. The molecule has 3 aromatic rings. The van der Waals surface area contributed by atoms with Crippen molar-refractivity contribution in [1.82, 2.24) is 15.1 Å². The van der Waals surface area contributed by atoms with E-state index in [0.29, 0.717) is 0 Å². The summed E-state index contributed by atoms with van der Waals surface area (Å²) in [7, 11) is 0. The average Bonchev–Trinajstić information content (AvgIpc) is 3.12. The zero-order valence-electron chi connectivity index (χ0n) is 11.4. The fraction of sp³-hybridized carbons (Fsp3) is 0.188. The van der Waals surface area contributed by atoms with Gasteiger partial charge in [0.25, 0.3) is 0 Å². The Balaban J connectivity index is 1.57. The molecular weight excluding hydrogens is 266 g/mol. The molecule has 0 unspecified atom stereocenters. The van der Waals surface area contributed by atoms with E-state index in [0.717, 1.165) is 18.8 Å². The van der Waals surface area contributed by atoms with Crippen LogP contribution in [0, 0.1) is 6.92 Å². The first-order valence-corrected chi connectivity index (χ1v) is 7.53. The Bertz CT molecular complexity index is 653. The van der Waals surface area contributed by atoms with E-state index in [2.05, 4.69) is 53.1 Å². The van der Waals surface area contributed by atoms with E-state index in [4.69, 9.17) is 0 Å². The molecule has 0 radical (unpaired) electrons. The summed E-state index contributed by atoms with van der Waals surface area (Å²) in [6.07, 6.45) is 3.74. The first-order chi connectivity index (χ1) is 9.83. The third-order valence-electron chi connectivity index (χ3n) is 3.29. The van der Waals surface area contributed by atoms with Gasteiger partial charge in [-0.2, -0.15) is 5.10 Å². The van der Waals surface area contributed by atoms with Crippen LogP contribution in [0.1, 0.15) is 16.0 Å². The summed E-state index contributed by atoms with van der Waals surface area (Å²) in [6.45, 7) is 3.98. The summed E-state index contributed by atoms with van der Waals surface area (Å²) in [4.78, 5) is 1.41. The van der Waals surface area contributed by atoms with E-state index < -0.39 is 0 Å². The third-order valence-corrected chi connectivity index (χ3v) is 4.31. The number of benzene rings is 1. The van der Waals surface area contributed by atoms with Crippen molar-refractivity contribution in [2.45, 2.75) is 20.0 Å². The molecule has 0 aliphatic heterocycles. The van der Waals surface area contributed by atoms with Crippen molar-refractivity contribution in [3.05, 3.63) is 70.2 Å². The fourth-order valence-corrected chi connectivity index (χ4v) is 2.97. The Morgan fingerprint density at radius 2 is 2.00 bits per heavy atom. The summed E-state index contributed by atoms with van der Waals surface area (Å²) in [6, 6.07) is 12.6. The molecule has 2 heterocycles. The molecule has 3 rings (SSSR count). The van der Waals surface area contributed by atoms with Crippen LogP contribution in [-0.4, -0.2) is 9.78 Å². The summed E-state index contributed by atoms with van der Waals surface area (Å²) < 4.78 is 1.87. The third kappa shape index (κ3) is 2.98. The molecule has 1 N–H and O–H groups in total. The van der Waals surface area contributed by atoms with Crippen LogP contribution in [0.5, 0.6) is 0 Å². The largest absolute Gasteiger partial charge is 0.308 e. The predicted octanol–water partition coefficient (Wildman–Crippen LogP) is 3.53. The minimum atomic E-state index is 0.886. The average molecular weight is 283 g/mol. The monoisotopic (exact) mass is 283 g/mol. The highest BCUT2D eigenvalue weighted by Crippen LogP contribution is 2.15. The van der Waals surface area contributed by atoms with Crippen LogP contribution < -0.4 is 5.32 Å². The number of hydrogen-bond donors (Lipinski definition) is 1. The molecule has 0 spiro atoms. The van der Waals surface area contributed by atoms with Crippen LogP contribution in [0.3, 0.4) is 0 Å². The first kappa shape index (κ1) is 13.1. The lowest BCUT2D eigenvalue weighted by Crippen LogP contribution is -2.12. The van der Waals surface area contributed by atoms with Crippen LogP contribution in [0.15, 0.2) is 54.2 Å². The number of nitrogens with one attached hydrogen (secondary N) is 1. The van der Waals surface area contributed by atoms with Crippen LogP contribution in [0.2, 0.25) is 0 Å². The van der Waals surface area contributed by atoms with E-state index in [1.807, 2.05) is 28.3 Å². The van der Waals surface area contributed by atoms with E-state index in [1.54, 1.807) is 6.20 Å². The van der Waals surface area contributed by atoms with Gasteiger partial charge < -0.3 is 5.32 Å². The number of aryl methyl sites for hydroxylation is 1. The molecule has 4 heteroatoms. The van der Waals surface area contributed by atoms with Gasteiger partial charge in [-0.25, -0.2) is 4.68 Å². The van der Waals surface area contributed by atoms with Crippen molar-refractivity contribution in [3.63, 3.8) is 0 Å². The maximum absolute atomic E-state index is 4.22. The fourth-order valence-electron chi connectivity index (χ4n) is 2.09. The van der Waals surface area contributed by atoms with Crippen molar-refractivity contribution in [2.24, 2.45) is 0 Å². The molecule has 3 nitrogen and oxygen atoms in total. The zero-order valence-corrected chi connectivity index (χ0v) is 12.2. The van der Waals surface area contributed by atoms with Gasteiger partial charge in [0.05, 0.1) is 5.69 Å². The molecule has 102 valence electrons. The molecule has 0 atom stereocenters. The topological polar surface area (TPSA) is 29.9 Å². The van der Waals surface area contributed by atoms with E-state index in [-0.39, 0.29) is 0 Å². The Hall–Kier alpha value is -1.91. The summed E-state index contributed by atoms with van der Waals surface area (Å²) in [5, 5.41) is 9.86. The number of rotatable bonds is 5. The number of hydrogen-bond acceptors (Lipinski definition) is 3. The smallest absolute Gasteiger partial charge is 0.0645 e. The molecule has 0 bridgehead atoms. The molecule has 0 saturated heterocycles. The number of thiophene rings is 1. The van der Waals surface area contributed by atoms with Crippen molar-refractivity contribution in [1.29, 1.82) is 0 Å². The summed E-state index contributed by atoms with van der Waals surface area (Å²) in [5.41, 5.74) is 3.75. The number of nitrogens with zero attached hydrogens (tertiary/aromatic N) is 2. The van der Waals surface area contributed by atoms with Gasteiger partial charge in [-0.05, 0) is 47.7 Å². The van der Waals surface area contributed by atoms with Gasteiger partial charge in [0.2, 0.25) is 0 Å². The molecule has 0 aliphatic carbocycles. The van der Waals surface area contributed by atoms with Gasteiger partial charge in [0, 0.05) is 30.4 Å². The van der Waals surface area contributed by atoms with Gasteiger partial charge in [0.1, 0.15) is 0 Å². The highest BCUT2D eigenvalue weighted by Gasteiger charge is 2.00. The van der Waals surface area contributed by atoms with Crippen molar-refractivity contribution in [3.8, 4) is 5.69 Å². The summed E-state index contributed by atoms with van der Waals surface area (Å²) >= 11 is 1.81. The van der Waals surface area contributed by atoms with Crippen molar-refractivity contribution >= 4 is 11.3 Å². The maximum atomic E-state index is 4.22. The molecule has 0 saturated carbocycles. The van der Waals surface area contributed by atoms with E-state index in [1.165, 1.54) is 16.0 Å². The van der Waals surface area contributed by atoms with Crippen LogP contribution >= 0.6 is 11.3 Å². The predicted molar refractivity (Wildman–Crippen MR) is 83.2 cm³/mol. The lowest BCUT2D eigenvalue weighted by molar-refractivity contribution is 0.698. The molecule has 0 aliphatic rings. The zero-order chi connectivity index (χ0) is 13.8. The molecule has 2 aromatic heterocycles. The van der Waals surface area contributed by atoms with Crippen molar-refractivity contribution in [2.75, 3.05) is 0 Å². The van der Waals surface area contributed by atoms with Crippen LogP contribution in [0.25, 0.3) is 5.69 Å². The van der Waals surface area contributed by atoms with Gasteiger partial charge in [-0.1, -0.05) is 12.1 Å². The van der Waals surface area contributed by atoms with Crippen molar-refractivity contribution < 1.29 is 0 Å². The Labute approximate surface area is 122 Å². The maximum Gasteiger partial charge on any atom is 0.0645 e. The minimum absolute atomic E-state index is 0.886. The quantitative estimate of drug-likeness (QED) is 0.776. The lowest BCUT2D eigenvalue weighted by atomic mass is 10.2. The highest BCUT2D eigenvalue weighted by atomic mass is 32.1. The normalized spacial score (nSPS) is 10.8.